The van der Waals surface area contributed by atoms with Crippen molar-refractivity contribution in [3.8, 4) is 5.75 Å². The first-order valence-corrected chi connectivity index (χ1v) is 16.7. The van der Waals surface area contributed by atoms with Gasteiger partial charge in [0.05, 0.1) is 16.9 Å². The van der Waals surface area contributed by atoms with E-state index in [2.05, 4.69) is 15.6 Å². The van der Waals surface area contributed by atoms with Gasteiger partial charge in [-0.15, -0.1) is 11.8 Å². The molecule has 1 unspecified atom stereocenters. The number of aromatic amines is 1. The number of hydrogen-bond acceptors (Lipinski definition) is 10. The van der Waals surface area contributed by atoms with Crippen LogP contribution in [0.3, 0.4) is 0 Å². The third-order valence-electron chi connectivity index (χ3n) is 7.67. The second kappa shape index (κ2) is 13.7. The molecule has 3 amide bonds. The molecule has 1 aromatic heterocycles. The van der Waals surface area contributed by atoms with Crippen molar-refractivity contribution >= 4 is 57.4 Å². The van der Waals surface area contributed by atoms with Gasteiger partial charge in [-0.3, -0.25) is 19.2 Å². The van der Waals surface area contributed by atoms with Crippen LogP contribution in [0.25, 0.3) is 12.2 Å². The van der Waals surface area contributed by atoms with Gasteiger partial charge in [0.2, 0.25) is 11.8 Å². The summed E-state index contributed by atoms with van der Waals surface area (Å²) >= 11 is 1.21. The SMILES string of the molecule is CC1(C)S[C@@H]2[C@H](NC(=O)C(NC(=O)c3ccc(/C=C/c4ccc(S(C)(=O)=O)cc4)[nH]c3=O)c3ccc(O)cc3)C(=O)N2[C@H]1C(=O)[O-].[Na+]. The average molecular weight is 689 g/mol. The Morgan fingerprint density at radius 1 is 1.02 bits per heavy atom. The second-order valence-corrected chi connectivity index (χ2v) is 15.2. The molecule has 240 valence electrons. The summed E-state index contributed by atoms with van der Waals surface area (Å²) in [6.07, 6.45) is 4.31. The summed E-state index contributed by atoms with van der Waals surface area (Å²) in [6, 6.07) is 10.6. The third-order valence-corrected chi connectivity index (χ3v) is 10.4. The first kappa shape index (κ1) is 36.0. The molecule has 2 aliphatic rings. The number of pyridine rings is 1. The summed E-state index contributed by atoms with van der Waals surface area (Å²) in [6.45, 7) is 3.33. The van der Waals surface area contributed by atoms with Gasteiger partial charge in [-0.05, 0) is 67.4 Å². The fourth-order valence-electron chi connectivity index (χ4n) is 5.32. The molecule has 4 atom stereocenters. The van der Waals surface area contributed by atoms with Crippen molar-refractivity contribution in [2.75, 3.05) is 6.26 Å². The number of nitrogens with one attached hydrogen (secondary N) is 3. The number of aromatic hydroxyl groups is 1. The van der Waals surface area contributed by atoms with Gasteiger partial charge in [-0.25, -0.2) is 8.42 Å². The van der Waals surface area contributed by atoms with Crippen LogP contribution in [0.4, 0.5) is 0 Å². The number of amides is 3. The molecule has 0 bridgehead atoms. The fraction of sp³-hybridized carbons (Fsp3) is 0.258. The first-order valence-electron chi connectivity index (χ1n) is 13.9. The fourth-order valence-corrected chi connectivity index (χ4v) is 7.57. The number of phenols is 1. The summed E-state index contributed by atoms with van der Waals surface area (Å²) in [5.41, 5.74) is 0.209. The number of carbonyl (C=O) groups is 4. The van der Waals surface area contributed by atoms with Gasteiger partial charge < -0.3 is 35.5 Å². The number of carboxylic acid groups (broad SMARTS) is 1. The van der Waals surface area contributed by atoms with E-state index in [4.69, 9.17) is 0 Å². The van der Waals surface area contributed by atoms with Crippen molar-refractivity contribution < 1.29 is 67.4 Å². The van der Waals surface area contributed by atoms with Crippen molar-refractivity contribution in [1.29, 1.82) is 0 Å². The summed E-state index contributed by atoms with van der Waals surface area (Å²) in [4.78, 5) is 68.2. The number of hydrogen-bond donors (Lipinski definition) is 4. The van der Waals surface area contributed by atoms with Gasteiger partial charge in [-0.2, -0.15) is 0 Å². The summed E-state index contributed by atoms with van der Waals surface area (Å²) in [7, 11) is -3.34. The summed E-state index contributed by atoms with van der Waals surface area (Å²) in [5.74, 6) is -3.78. The Balaban J connectivity index is 0.00000500. The van der Waals surface area contributed by atoms with E-state index in [0.717, 1.165) is 6.26 Å². The van der Waals surface area contributed by atoms with Gasteiger partial charge >= 0.3 is 29.6 Å². The molecule has 2 aromatic carbocycles. The zero-order valence-electron chi connectivity index (χ0n) is 25.7. The van der Waals surface area contributed by atoms with E-state index in [1.54, 1.807) is 38.1 Å². The molecule has 16 heteroatoms. The largest absolute Gasteiger partial charge is 1.00 e. The standard InChI is InChI=1S/C31H30N4O9S2.Na/c1-31(2)24(30(41)42)35-28(40)23(29(35)45-31)34-27(39)22(17-7-11-19(36)12-8-17)33-26(38)21-15-10-18(32-25(21)37)9-4-16-5-13-20(14-6-16)46(3,43)44;/h4-15,22-24,29,36H,1-3H3,(H,32,37)(H,33,38)(H,34,39)(H,41,42);/q;+1/p-1/b9-4+;/t22?,23-,24+,29-;/m1./s1. The molecular weight excluding hydrogens is 659 g/mol. The minimum Gasteiger partial charge on any atom is -0.548 e. The van der Waals surface area contributed by atoms with Crippen LogP contribution in [0, 0.1) is 0 Å². The minimum atomic E-state index is -3.34. The molecule has 3 aromatic rings. The topological polar surface area (TPSA) is 206 Å². The van der Waals surface area contributed by atoms with Crippen LogP contribution in [-0.4, -0.2) is 75.6 Å². The maximum absolute atomic E-state index is 13.5. The number of β-lactam (4-membered cyclic amide) rings is 1. The predicted octanol–water partition coefficient (Wildman–Crippen LogP) is -2.57. The Kier molecular flexibility index (Phi) is 10.5. The molecule has 47 heavy (non-hydrogen) atoms. The zero-order chi connectivity index (χ0) is 33.6. The van der Waals surface area contributed by atoms with Gasteiger partial charge in [0.15, 0.2) is 9.84 Å². The Bertz CT molecular complexity index is 1930. The number of benzene rings is 2. The van der Waals surface area contributed by atoms with Crippen LogP contribution in [-0.2, 0) is 24.2 Å². The molecule has 13 nitrogen and oxygen atoms in total. The van der Waals surface area contributed by atoms with Gasteiger partial charge in [-0.1, -0.05) is 30.3 Å². The van der Waals surface area contributed by atoms with Crippen molar-refractivity contribution in [3.05, 3.63) is 93.4 Å². The number of fused-ring (bicyclic) bond motifs is 1. The number of nitrogens with zero attached hydrogens (tertiary/aromatic N) is 1. The van der Waals surface area contributed by atoms with Gasteiger partial charge in [0, 0.05) is 16.7 Å². The zero-order valence-corrected chi connectivity index (χ0v) is 29.3. The molecule has 2 aliphatic heterocycles. The van der Waals surface area contributed by atoms with Gasteiger partial charge in [0.25, 0.3) is 11.5 Å². The Morgan fingerprint density at radius 2 is 1.66 bits per heavy atom. The van der Waals surface area contributed by atoms with E-state index < -0.39 is 67.3 Å². The molecule has 3 heterocycles. The van der Waals surface area contributed by atoms with E-state index in [-0.39, 0.29) is 51.3 Å². The maximum atomic E-state index is 13.5. The van der Waals surface area contributed by atoms with Crippen molar-refractivity contribution in [1.82, 2.24) is 20.5 Å². The molecule has 5 rings (SSSR count). The molecule has 0 aliphatic carbocycles. The molecule has 4 N–H and O–H groups in total. The number of rotatable bonds is 9. The Labute approximate surface area is 296 Å². The van der Waals surface area contributed by atoms with E-state index in [0.29, 0.717) is 11.3 Å². The van der Waals surface area contributed by atoms with E-state index in [1.165, 1.54) is 65.2 Å². The van der Waals surface area contributed by atoms with Crippen molar-refractivity contribution in [3.63, 3.8) is 0 Å². The van der Waals surface area contributed by atoms with Gasteiger partial charge in [0.1, 0.15) is 28.8 Å². The van der Waals surface area contributed by atoms with Crippen molar-refractivity contribution in [2.24, 2.45) is 0 Å². The average Bonchev–Trinajstić information content (AvgIpc) is 3.25. The third kappa shape index (κ3) is 7.49. The minimum absolute atomic E-state index is 0. The molecule has 2 saturated heterocycles. The van der Waals surface area contributed by atoms with E-state index >= 15 is 0 Å². The van der Waals surface area contributed by atoms with E-state index in [9.17, 15) is 42.6 Å². The predicted molar refractivity (Wildman–Crippen MR) is 167 cm³/mol. The smallest absolute Gasteiger partial charge is 0.548 e. The quantitative estimate of drug-likeness (QED) is 0.137. The van der Waals surface area contributed by atoms with Crippen LogP contribution in [0.15, 0.2) is 70.4 Å². The normalized spacial score (nSPS) is 20.4. The van der Waals surface area contributed by atoms with Crippen LogP contribution in [0.1, 0.15) is 47.1 Å². The number of thioether (sulfide) groups is 1. The van der Waals surface area contributed by atoms with E-state index in [1.807, 2.05) is 0 Å². The number of aromatic nitrogens is 1. The number of sulfone groups is 1. The molecular formula is C31H29N4NaO9S2. The Morgan fingerprint density at radius 3 is 2.23 bits per heavy atom. The van der Waals surface area contributed by atoms with Crippen LogP contribution in [0.2, 0.25) is 0 Å². The molecule has 0 spiro atoms. The van der Waals surface area contributed by atoms with Crippen LogP contribution < -0.4 is 50.9 Å². The van der Waals surface area contributed by atoms with Crippen LogP contribution in [0.5, 0.6) is 5.75 Å². The Hall–Kier alpha value is -3.89. The summed E-state index contributed by atoms with van der Waals surface area (Å²) < 4.78 is 22.4. The number of H-pyrrole nitrogens is 1. The van der Waals surface area contributed by atoms with Crippen LogP contribution >= 0.6 is 11.8 Å². The maximum Gasteiger partial charge on any atom is 1.00 e. The number of carboxylic acids is 1. The van der Waals surface area contributed by atoms with Crippen molar-refractivity contribution in [2.45, 2.75) is 47.0 Å². The molecule has 0 saturated carbocycles. The number of aliphatic carboxylic acids is 1. The molecule has 0 radical (unpaired) electrons. The first-order chi connectivity index (χ1) is 21.6. The summed E-state index contributed by atoms with van der Waals surface area (Å²) in [5, 5.41) is 25.9. The molecule has 2 fully saturated rings. The number of carbonyl (C=O) groups excluding carboxylic acids is 4. The number of phenolic OH excluding ortho intramolecular Hbond substituents is 1. The monoisotopic (exact) mass is 688 g/mol. The second-order valence-electron chi connectivity index (χ2n) is 11.4.